The van der Waals surface area contributed by atoms with Crippen molar-refractivity contribution in [1.29, 1.82) is 0 Å². The van der Waals surface area contributed by atoms with Gasteiger partial charge in [-0.2, -0.15) is 0 Å². The molecule has 0 aromatic heterocycles. The molecule has 1 aromatic carbocycles. The molecule has 0 fully saturated rings. The lowest BCUT2D eigenvalue weighted by Crippen LogP contribution is -2.10. The highest BCUT2D eigenvalue weighted by Gasteiger charge is 2.30. The topological polar surface area (TPSA) is 27.7 Å². The van der Waals surface area contributed by atoms with Crippen LogP contribution < -0.4 is 14.2 Å². The Morgan fingerprint density at radius 1 is 0.875 bits per heavy atom. The highest BCUT2D eigenvalue weighted by molar-refractivity contribution is 5.52. The second-order valence-corrected chi connectivity index (χ2v) is 3.30. The maximum Gasteiger partial charge on any atom is 0.274 e. The minimum atomic E-state index is -3.00. The average Bonchev–Trinajstić information content (AvgIpc) is 2.25. The van der Waals surface area contributed by atoms with Gasteiger partial charge in [0.1, 0.15) is 5.75 Å². The fraction of sp³-hybridized carbons (Fsp3) is 0.455. The zero-order chi connectivity index (χ0) is 12.3. The Bertz CT molecular complexity index is 372. The number of halogens is 2. The molecule has 0 saturated carbocycles. The van der Waals surface area contributed by atoms with Gasteiger partial charge in [-0.15, -0.1) is 0 Å². The third-order valence-corrected chi connectivity index (χ3v) is 2.18. The van der Waals surface area contributed by atoms with Gasteiger partial charge in [-0.1, -0.05) is 0 Å². The molecular weight excluding hydrogens is 218 g/mol. The molecule has 0 radical (unpaired) electrons. The summed E-state index contributed by atoms with van der Waals surface area (Å²) in [7, 11) is 4.15. The van der Waals surface area contributed by atoms with Crippen LogP contribution in [-0.2, 0) is 5.92 Å². The molecule has 1 aromatic rings. The Kier molecular flexibility index (Phi) is 3.57. The van der Waals surface area contributed by atoms with Crippen molar-refractivity contribution in [3.63, 3.8) is 0 Å². The molecule has 1 rings (SSSR count). The fourth-order valence-corrected chi connectivity index (χ4v) is 1.37. The van der Waals surface area contributed by atoms with Crippen LogP contribution in [0.1, 0.15) is 12.5 Å². The van der Waals surface area contributed by atoms with Crippen LogP contribution in [-0.4, -0.2) is 21.3 Å². The predicted octanol–water partition coefficient (Wildman–Crippen LogP) is 2.82. The Morgan fingerprint density at radius 2 is 1.31 bits per heavy atom. The Labute approximate surface area is 92.9 Å². The van der Waals surface area contributed by atoms with E-state index in [0.29, 0.717) is 5.75 Å². The van der Waals surface area contributed by atoms with Crippen molar-refractivity contribution in [2.24, 2.45) is 0 Å². The van der Waals surface area contributed by atoms with E-state index in [1.165, 1.54) is 33.5 Å². The van der Waals surface area contributed by atoms with Crippen LogP contribution >= 0.6 is 0 Å². The summed E-state index contributed by atoms with van der Waals surface area (Å²) in [5.74, 6) is -2.32. The largest absolute Gasteiger partial charge is 0.496 e. The molecule has 0 amide bonds. The van der Waals surface area contributed by atoms with Gasteiger partial charge in [0.15, 0.2) is 11.5 Å². The van der Waals surface area contributed by atoms with E-state index in [0.717, 1.165) is 6.92 Å². The number of ether oxygens (including phenoxy) is 3. The lowest BCUT2D eigenvalue weighted by Gasteiger charge is -2.17. The summed E-state index contributed by atoms with van der Waals surface area (Å²) in [5, 5.41) is 0. The van der Waals surface area contributed by atoms with E-state index in [9.17, 15) is 8.78 Å². The first-order valence-electron chi connectivity index (χ1n) is 4.62. The van der Waals surface area contributed by atoms with E-state index >= 15 is 0 Å². The molecule has 0 N–H and O–H groups in total. The van der Waals surface area contributed by atoms with Gasteiger partial charge >= 0.3 is 0 Å². The maximum atomic E-state index is 13.3. The lowest BCUT2D eigenvalue weighted by atomic mass is 10.1. The van der Waals surface area contributed by atoms with Crippen molar-refractivity contribution in [3.8, 4) is 17.2 Å². The van der Waals surface area contributed by atoms with Crippen molar-refractivity contribution >= 4 is 0 Å². The van der Waals surface area contributed by atoms with Gasteiger partial charge < -0.3 is 14.2 Å². The molecule has 5 heteroatoms. The lowest BCUT2D eigenvalue weighted by molar-refractivity contribution is 0.0148. The third kappa shape index (κ3) is 2.35. The standard InChI is InChI=1S/C11H14F2O3/c1-11(12,13)7-5-9(15-3)10(16-4)6-8(7)14-2/h5-6H,1-4H3. The smallest absolute Gasteiger partial charge is 0.274 e. The van der Waals surface area contributed by atoms with E-state index in [1.54, 1.807) is 0 Å². The molecule has 16 heavy (non-hydrogen) atoms. The second kappa shape index (κ2) is 4.55. The minimum Gasteiger partial charge on any atom is -0.496 e. The Balaban J connectivity index is 3.38. The number of hydrogen-bond donors (Lipinski definition) is 0. The van der Waals surface area contributed by atoms with Crippen molar-refractivity contribution in [2.45, 2.75) is 12.8 Å². The predicted molar refractivity (Wildman–Crippen MR) is 55.7 cm³/mol. The molecular formula is C11H14F2O3. The first-order valence-corrected chi connectivity index (χ1v) is 4.62. The molecule has 0 saturated heterocycles. The van der Waals surface area contributed by atoms with Crippen molar-refractivity contribution in [1.82, 2.24) is 0 Å². The van der Waals surface area contributed by atoms with Gasteiger partial charge in [0.05, 0.1) is 26.9 Å². The molecule has 0 aliphatic carbocycles. The van der Waals surface area contributed by atoms with Crippen molar-refractivity contribution in [3.05, 3.63) is 17.7 Å². The van der Waals surface area contributed by atoms with E-state index in [2.05, 4.69) is 0 Å². The highest BCUT2D eigenvalue weighted by atomic mass is 19.3. The molecule has 0 spiro atoms. The second-order valence-electron chi connectivity index (χ2n) is 3.30. The van der Waals surface area contributed by atoms with Crippen molar-refractivity contribution < 1.29 is 23.0 Å². The molecule has 0 heterocycles. The quantitative estimate of drug-likeness (QED) is 0.798. The summed E-state index contributed by atoms with van der Waals surface area (Å²) in [6.45, 7) is 0.802. The summed E-state index contributed by atoms with van der Waals surface area (Å²) in [5.41, 5.74) is -0.229. The first-order chi connectivity index (χ1) is 7.43. The monoisotopic (exact) mass is 232 g/mol. The third-order valence-electron chi connectivity index (χ3n) is 2.18. The van der Waals surface area contributed by atoms with Crippen LogP contribution in [0.3, 0.4) is 0 Å². The molecule has 0 atom stereocenters. The van der Waals surface area contributed by atoms with E-state index < -0.39 is 5.92 Å². The zero-order valence-electron chi connectivity index (χ0n) is 9.64. The number of hydrogen-bond acceptors (Lipinski definition) is 3. The van der Waals surface area contributed by atoms with Gasteiger partial charge in [0.2, 0.25) is 0 Å². The van der Waals surface area contributed by atoms with E-state index in [4.69, 9.17) is 14.2 Å². The summed E-state index contributed by atoms with van der Waals surface area (Å²) < 4.78 is 41.4. The highest BCUT2D eigenvalue weighted by Crippen LogP contribution is 2.41. The van der Waals surface area contributed by atoms with Gasteiger partial charge in [-0.05, 0) is 6.07 Å². The molecule has 0 aliphatic heterocycles. The summed E-state index contributed by atoms with van der Waals surface area (Å²) >= 11 is 0. The van der Waals surface area contributed by atoms with E-state index in [1.807, 2.05) is 0 Å². The number of methoxy groups -OCH3 is 3. The van der Waals surface area contributed by atoms with Crippen LogP contribution in [0.4, 0.5) is 8.78 Å². The zero-order valence-corrected chi connectivity index (χ0v) is 9.64. The SMILES string of the molecule is COc1cc(OC)c(C(C)(F)F)cc1OC. The normalized spacial score (nSPS) is 11.1. The molecule has 0 aliphatic rings. The fourth-order valence-electron chi connectivity index (χ4n) is 1.37. The molecule has 90 valence electrons. The van der Waals surface area contributed by atoms with Crippen molar-refractivity contribution in [2.75, 3.05) is 21.3 Å². The van der Waals surface area contributed by atoms with Gasteiger partial charge in [-0.25, -0.2) is 8.78 Å². The molecule has 0 unspecified atom stereocenters. The minimum absolute atomic E-state index is 0.0742. The van der Waals surface area contributed by atoms with Gasteiger partial charge in [-0.3, -0.25) is 0 Å². The van der Waals surface area contributed by atoms with E-state index in [-0.39, 0.29) is 17.1 Å². The van der Waals surface area contributed by atoms with Gasteiger partial charge in [0, 0.05) is 13.0 Å². The summed E-state index contributed by atoms with van der Waals surface area (Å²) in [6, 6.07) is 2.60. The van der Waals surface area contributed by atoms with Crippen LogP contribution in [0, 0.1) is 0 Å². The summed E-state index contributed by atoms with van der Waals surface area (Å²) in [6.07, 6.45) is 0. The van der Waals surface area contributed by atoms with Crippen LogP contribution in [0.25, 0.3) is 0 Å². The number of benzene rings is 1. The number of alkyl halides is 2. The first kappa shape index (κ1) is 12.5. The van der Waals surface area contributed by atoms with Crippen LogP contribution in [0.2, 0.25) is 0 Å². The van der Waals surface area contributed by atoms with Crippen LogP contribution in [0.15, 0.2) is 12.1 Å². The van der Waals surface area contributed by atoms with Crippen LogP contribution in [0.5, 0.6) is 17.2 Å². The molecule has 3 nitrogen and oxygen atoms in total. The average molecular weight is 232 g/mol. The van der Waals surface area contributed by atoms with Gasteiger partial charge in [0.25, 0.3) is 5.92 Å². The maximum absolute atomic E-state index is 13.3. The Hall–Kier alpha value is -1.52. The number of rotatable bonds is 4. The Morgan fingerprint density at radius 3 is 1.69 bits per heavy atom. The molecule has 0 bridgehead atoms. The summed E-state index contributed by atoms with van der Waals surface area (Å²) in [4.78, 5) is 0.